The normalized spacial score (nSPS) is 10.2. The van der Waals surface area contributed by atoms with Crippen molar-refractivity contribution in [1.29, 1.82) is 5.26 Å². The van der Waals surface area contributed by atoms with Gasteiger partial charge in [-0.3, -0.25) is 9.69 Å². The van der Waals surface area contributed by atoms with Crippen LogP contribution < -0.4 is 10.1 Å². The molecule has 6 nitrogen and oxygen atoms in total. The second-order valence-corrected chi connectivity index (χ2v) is 4.46. The van der Waals surface area contributed by atoms with Crippen molar-refractivity contribution in [2.24, 2.45) is 0 Å². The molecule has 21 heavy (non-hydrogen) atoms. The summed E-state index contributed by atoms with van der Waals surface area (Å²) < 4.78 is 10.1. The predicted octanol–water partition coefficient (Wildman–Crippen LogP) is 1.50. The number of benzene rings is 1. The monoisotopic (exact) mass is 291 g/mol. The lowest BCUT2D eigenvalue weighted by Gasteiger charge is -2.20. The zero-order valence-corrected chi connectivity index (χ0v) is 12.5. The molecule has 0 saturated heterocycles. The lowest BCUT2D eigenvalue weighted by atomic mass is 10.3. The molecule has 0 bridgehead atoms. The van der Waals surface area contributed by atoms with Crippen molar-refractivity contribution >= 4 is 11.6 Å². The van der Waals surface area contributed by atoms with E-state index < -0.39 is 0 Å². The fourth-order valence-corrected chi connectivity index (χ4v) is 1.80. The van der Waals surface area contributed by atoms with Crippen LogP contribution in [-0.2, 0) is 9.53 Å². The van der Waals surface area contributed by atoms with Crippen LogP contribution in [0.4, 0.5) is 5.69 Å². The van der Waals surface area contributed by atoms with Crippen LogP contribution in [0.25, 0.3) is 0 Å². The molecule has 0 heterocycles. The molecule has 0 aromatic heterocycles. The largest absolute Gasteiger partial charge is 0.497 e. The Bertz CT molecular complexity index is 485. The average Bonchev–Trinajstić information content (AvgIpc) is 2.50. The van der Waals surface area contributed by atoms with Crippen LogP contribution in [0.5, 0.6) is 5.75 Å². The fraction of sp³-hybridized carbons (Fsp3) is 0.467. The molecule has 1 N–H and O–H groups in total. The summed E-state index contributed by atoms with van der Waals surface area (Å²) in [6.45, 7) is 1.91. The van der Waals surface area contributed by atoms with Crippen molar-refractivity contribution < 1.29 is 14.3 Å². The molecule has 0 saturated carbocycles. The van der Waals surface area contributed by atoms with Crippen LogP contribution in [0.1, 0.15) is 6.42 Å². The first kappa shape index (κ1) is 17.0. The molecule has 0 unspecified atom stereocenters. The summed E-state index contributed by atoms with van der Waals surface area (Å²) in [6.07, 6.45) is 0.385. The zero-order chi connectivity index (χ0) is 15.5. The Morgan fingerprint density at radius 3 is 2.86 bits per heavy atom. The minimum atomic E-state index is -0.128. The number of ether oxygens (including phenoxy) is 2. The second-order valence-electron chi connectivity index (χ2n) is 4.46. The van der Waals surface area contributed by atoms with Gasteiger partial charge in [-0.15, -0.1) is 0 Å². The van der Waals surface area contributed by atoms with Gasteiger partial charge in [-0.05, 0) is 12.1 Å². The highest BCUT2D eigenvalue weighted by molar-refractivity contribution is 5.92. The van der Waals surface area contributed by atoms with Gasteiger partial charge in [0.2, 0.25) is 5.91 Å². The standard InChI is InChI=1S/C15H21N3O3/c1-20-10-9-18(8-4-7-16)12-15(19)17-13-5-3-6-14(11-13)21-2/h3,5-6,11H,4,8-10,12H2,1-2H3,(H,17,19). The van der Waals surface area contributed by atoms with E-state index in [-0.39, 0.29) is 12.5 Å². The number of rotatable bonds is 9. The third-order valence-electron chi connectivity index (χ3n) is 2.87. The van der Waals surface area contributed by atoms with E-state index in [1.54, 1.807) is 26.4 Å². The molecule has 1 aromatic carbocycles. The van der Waals surface area contributed by atoms with Crippen LogP contribution in [0.3, 0.4) is 0 Å². The number of nitriles is 1. The third-order valence-corrected chi connectivity index (χ3v) is 2.87. The molecule has 1 amide bonds. The van der Waals surface area contributed by atoms with Crippen molar-refractivity contribution in [3.8, 4) is 11.8 Å². The Labute approximate surface area is 125 Å². The average molecular weight is 291 g/mol. The second kappa shape index (κ2) is 9.75. The number of anilines is 1. The number of nitrogens with one attached hydrogen (secondary N) is 1. The van der Waals surface area contributed by atoms with E-state index >= 15 is 0 Å². The Morgan fingerprint density at radius 1 is 1.38 bits per heavy atom. The van der Waals surface area contributed by atoms with Crippen LogP contribution in [0.15, 0.2) is 24.3 Å². The first-order chi connectivity index (χ1) is 10.2. The Balaban J connectivity index is 2.53. The molecule has 6 heteroatoms. The van der Waals surface area contributed by atoms with E-state index in [0.29, 0.717) is 37.6 Å². The maximum Gasteiger partial charge on any atom is 0.238 e. The molecule has 0 aliphatic rings. The number of amides is 1. The van der Waals surface area contributed by atoms with E-state index in [0.717, 1.165) is 0 Å². The van der Waals surface area contributed by atoms with Crippen LogP contribution in [0.2, 0.25) is 0 Å². The summed E-state index contributed by atoms with van der Waals surface area (Å²) in [4.78, 5) is 13.9. The van der Waals surface area contributed by atoms with Crippen LogP contribution in [0, 0.1) is 11.3 Å². The zero-order valence-electron chi connectivity index (χ0n) is 12.5. The number of hydrogen-bond acceptors (Lipinski definition) is 5. The smallest absolute Gasteiger partial charge is 0.238 e. The predicted molar refractivity (Wildman–Crippen MR) is 80.2 cm³/mol. The van der Waals surface area contributed by atoms with Gasteiger partial charge in [0.05, 0.1) is 26.3 Å². The number of hydrogen-bond donors (Lipinski definition) is 1. The Kier molecular flexibility index (Phi) is 7.87. The molecular formula is C15H21N3O3. The SMILES string of the molecule is COCCN(CCC#N)CC(=O)Nc1cccc(OC)c1. The van der Waals surface area contributed by atoms with Crippen molar-refractivity contribution in [3.05, 3.63) is 24.3 Å². The molecule has 0 aliphatic heterocycles. The Hall–Kier alpha value is -2.10. The molecule has 1 aromatic rings. The van der Waals surface area contributed by atoms with Gasteiger partial charge < -0.3 is 14.8 Å². The maximum absolute atomic E-state index is 12.0. The van der Waals surface area contributed by atoms with Gasteiger partial charge in [0.1, 0.15) is 5.75 Å². The minimum absolute atomic E-state index is 0.128. The van der Waals surface area contributed by atoms with Crippen LogP contribution >= 0.6 is 0 Å². The molecule has 0 atom stereocenters. The first-order valence-electron chi connectivity index (χ1n) is 6.71. The molecule has 0 aliphatic carbocycles. The third kappa shape index (κ3) is 6.75. The number of nitrogens with zero attached hydrogens (tertiary/aromatic N) is 2. The van der Waals surface area contributed by atoms with Crippen molar-refractivity contribution in [3.63, 3.8) is 0 Å². The number of methoxy groups -OCH3 is 2. The molecule has 0 fully saturated rings. The fourth-order valence-electron chi connectivity index (χ4n) is 1.80. The van der Waals surface area contributed by atoms with E-state index in [4.69, 9.17) is 14.7 Å². The van der Waals surface area contributed by atoms with E-state index in [1.807, 2.05) is 17.0 Å². The van der Waals surface area contributed by atoms with E-state index in [2.05, 4.69) is 11.4 Å². The number of carbonyl (C=O) groups is 1. The van der Waals surface area contributed by atoms with Crippen molar-refractivity contribution in [2.75, 3.05) is 45.8 Å². The molecule has 114 valence electrons. The minimum Gasteiger partial charge on any atom is -0.497 e. The summed E-state index contributed by atoms with van der Waals surface area (Å²) in [5.74, 6) is 0.561. The highest BCUT2D eigenvalue weighted by Crippen LogP contribution is 2.16. The quantitative estimate of drug-likeness (QED) is 0.746. The van der Waals surface area contributed by atoms with Crippen LogP contribution in [-0.4, -0.2) is 51.3 Å². The maximum atomic E-state index is 12.0. The van der Waals surface area contributed by atoms with Crippen molar-refractivity contribution in [1.82, 2.24) is 4.90 Å². The topological polar surface area (TPSA) is 74.6 Å². The highest BCUT2D eigenvalue weighted by atomic mass is 16.5. The molecule has 1 rings (SSSR count). The summed E-state index contributed by atoms with van der Waals surface area (Å²) >= 11 is 0. The van der Waals surface area contributed by atoms with Gasteiger partial charge in [-0.2, -0.15) is 5.26 Å². The summed E-state index contributed by atoms with van der Waals surface area (Å²) in [5.41, 5.74) is 0.686. The summed E-state index contributed by atoms with van der Waals surface area (Å²) in [6, 6.07) is 9.26. The summed E-state index contributed by atoms with van der Waals surface area (Å²) in [5, 5.41) is 11.5. The van der Waals surface area contributed by atoms with Gasteiger partial charge in [0.15, 0.2) is 0 Å². The highest BCUT2D eigenvalue weighted by Gasteiger charge is 2.11. The van der Waals surface area contributed by atoms with Crippen molar-refractivity contribution in [2.45, 2.75) is 6.42 Å². The lowest BCUT2D eigenvalue weighted by Crippen LogP contribution is -2.36. The summed E-state index contributed by atoms with van der Waals surface area (Å²) in [7, 11) is 3.19. The van der Waals surface area contributed by atoms with Gasteiger partial charge in [0, 0.05) is 38.4 Å². The van der Waals surface area contributed by atoms with Gasteiger partial charge in [0.25, 0.3) is 0 Å². The molecule has 0 radical (unpaired) electrons. The number of carbonyl (C=O) groups excluding carboxylic acids is 1. The van der Waals surface area contributed by atoms with E-state index in [1.165, 1.54) is 0 Å². The Morgan fingerprint density at radius 2 is 2.19 bits per heavy atom. The molecular weight excluding hydrogens is 270 g/mol. The first-order valence-corrected chi connectivity index (χ1v) is 6.71. The lowest BCUT2D eigenvalue weighted by molar-refractivity contribution is -0.117. The van der Waals surface area contributed by atoms with Gasteiger partial charge in [-0.1, -0.05) is 6.07 Å². The molecule has 0 spiro atoms. The van der Waals surface area contributed by atoms with Gasteiger partial charge in [-0.25, -0.2) is 0 Å². The van der Waals surface area contributed by atoms with Gasteiger partial charge >= 0.3 is 0 Å². The van der Waals surface area contributed by atoms with E-state index in [9.17, 15) is 4.79 Å².